The second-order valence-electron chi connectivity index (χ2n) is 8.03. The summed E-state index contributed by atoms with van der Waals surface area (Å²) in [5.41, 5.74) is 0.00829. The minimum atomic E-state index is -1.27. The fraction of sp³-hybridized carbons (Fsp3) is 0.182. The van der Waals surface area contributed by atoms with Crippen LogP contribution in [0.5, 0.6) is 0 Å². The second kappa shape index (κ2) is 7.87. The van der Waals surface area contributed by atoms with Crippen LogP contribution in [0.2, 0.25) is 10.0 Å². The lowest BCUT2D eigenvalue weighted by Crippen LogP contribution is -2.38. The molecule has 3 aromatic heterocycles. The third-order valence-electron chi connectivity index (χ3n) is 5.15. The molecule has 5 rings (SSSR count). The van der Waals surface area contributed by atoms with Crippen molar-refractivity contribution in [3.63, 3.8) is 0 Å². The third kappa shape index (κ3) is 3.84. The first-order valence-electron chi connectivity index (χ1n) is 10.0. The molecule has 0 saturated carbocycles. The largest absolute Gasteiger partial charge is 0.387 e. The maximum atomic E-state index is 12.4. The number of hydrogen-bond donors (Lipinski definition) is 4. The van der Waals surface area contributed by atoms with E-state index in [1.807, 2.05) is 6.08 Å². The zero-order valence-corrected chi connectivity index (χ0v) is 19.0. The lowest BCUT2D eigenvalue weighted by atomic mass is 10.1. The fourth-order valence-electron chi connectivity index (χ4n) is 3.57. The monoisotopic (exact) mass is 484 g/mol. The van der Waals surface area contributed by atoms with Gasteiger partial charge in [-0.1, -0.05) is 34.4 Å². The van der Waals surface area contributed by atoms with Crippen LogP contribution in [0.25, 0.3) is 34.6 Å². The van der Waals surface area contributed by atoms with Gasteiger partial charge < -0.3 is 25.2 Å². The molecule has 168 valence electrons. The molecule has 4 aromatic rings. The average Bonchev–Trinajstić information content (AvgIpc) is 3.27. The van der Waals surface area contributed by atoms with E-state index in [0.29, 0.717) is 44.6 Å². The van der Waals surface area contributed by atoms with E-state index in [1.165, 1.54) is 0 Å². The number of aliphatic hydroxyl groups is 1. The van der Waals surface area contributed by atoms with Crippen LogP contribution >= 0.6 is 23.2 Å². The number of halogens is 2. The van der Waals surface area contributed by atoms with E-state index < -0.39 is 5.60 Å². The van der Waals surface area contributed by atoms with Crippen molar-refractivity contribution in [2.45, 2.75) is 19.4 Å². The molecule has 0 spiro atoms. The molecule has 4 heterocycles. The van der Waals surface area contributed by atoms with Crippen LogP contribution in [-0.4, -0.2) is 31.8 Å². The van der Waals surface area contributed by atoms with E-state index in [1.54, 1.807) is 44.4 Å². The number of aromatic amines is 1. The van der Waals surface area contributed by atoms with Crippen LogP contribution in [-0.2, 0) is 5.60 Å². The Morgan fingerprint density at radius 1 is 1.18 bits per heavy atom. The minimum absolute atomic E-state index is 0.0781. The van der Waals surface area contributed by atoms with Gasteiger partial charge in [-0.3, -0.25) is 4.79 Å². The molecule has 11 heteroatoms. The van der Waals surface area contributed by atoms with Crippen molar-refractivity contribution in [2.24, 2.45) is 0 Å². The zero-order valence-electron chi connectivity index (χ0n) is 17.5. The Labute approximate surface area is 196 Å². The third-order valence-corrected chi connectivity index (χ3v) is 5.75. The highest BCUT2D eigenvalue weighted by molar-refractivity contribution is 6.39. The summed E-state index contributed by atoms with van der Waals surface area (Å²) in [6, 6.07) is 5.02. The summed E-state index contributed by atoms with van der Waals surface area (Å²) in [5.74, 6) is 0.840. The summed E-state index contributed by atoms with van der Waals surface area (Å²) < 4.78 is 5.14. The van der Waals surface area contributed by atoms with E-state index >= 15 is 0 Å². The molecule has 33 heavy (non-hydrogen) atoms. The van der Waals surface area contributed by atoms with Crippen LogP contribution in [0.3, 0.4) is 0 Å². The molecule has 0 radical (unpaired) electrons. The van der Waals surface area contributed by atoms with Gasteiger partial charge >= 0.3 is 0 Å². The van der Waals surface area contributed by atoms with E-state index in [-0.39, 0.29) is 17.3 Å². The molecule has 0 aliphatic carbocycles. The number of rotatable bonds is 4. The van der Waals surface area contributed by atoms with Gasteiger partial charge in [0.25, 0.3) is 11.4 Å². The zero-order chi connectivity index (χ0) is 23.3. The predicted molar refractivity (Wildman–Crippen MR) is 127 cm³/mol. The molecule has 1 aliphatic heterocycles. The van der Waals surface area contributed by atoms with Crippen molar-refractivity contribution in [3.8, 4) is 11.4 Å². The number of benzene rings is 1. The maximum absolute atomic E-state index is 12.4. The van der Waals surface area contributed by atoms with Gasteiger partial charge in [0, 0.05) is 34.9 Å². The number of H-pyrrole nitrogens is 1. The van der Waals surface area contributed by atoms with E-state index in [0.717, 1.165) is 10.4 Å². The van der Waals surface area contributed by atoms with Crippen molar-refractivity contribution in [1.82, 2.24) is 25.4 Å². The molecule has 1 aliphatic rings. The number of hydrogen-bond acceptors (Lipinski definition) is 8. The lowest BCUT2D eigenvalue weighted by molar-refractivity contribution is 0.0420. The van der Waals surface area contributed by atoms with Crippen molar-refractivity contribution in [3.05, 3.63) is 61.1 Å². The van der Waals surface area contributed by atoms with Crippen LogP contribution in [0.15, 0.2) is 33.7 Å². The topological polar surface area (TPSA) is 129 Å². The van der Waals surface area contributed by atoms with E-state index in [2.05, 4.69) is 30.7 Å². The molecule has 0 saturated heterocycles. The first kappa shape index (κ1) is 21.4. The van der Waals surface area contributed by atoms with Crippen molar-refractivity contribution in [2.75, 3.05) is 11.9 Å². The Kier molecular flexibility index (Phi) is 5.12. The Hall–Kier alpha value is -3.40. The molecule has 4 N–H and O–H groups in total. The highest BCUT2D eigenvalue weighted by atomic mass is 35.5. The normalized spacial score (nSPS) is 13.1. The van der Waals surface area contributed by atoms with Gasteiger partial charge in [-0.05, 0) is 32.0 Å². The standard InChI is InChI=1S/C22H18Cl2N6O3/c1-22(2,32)21-29-18(30-33-21)10-7-13(23)17(14(24)8-10)28-19-11-3-5-25-9-12(11)16-15(27-19)4-6-26-20(16)31/h3-4,6-9,25,32H,5H2,1-2H3,(H,26,31)(H,27,28). The van der Waals surface area contributed by atoms with Crippen molar-refractivity contribution in [1.29, 1.82) is 0 Å². The number of nitrogens with zero attached hydrogens (tertiary/aromatic N) is 3. The summed E-state index contributed by atoms with van der Waals surface area (Å²) in [6.45, 7) is 3.68. The Bertz CT molecular complexity index is 1560. The number of anilines is 2. The quantitative estimate of drug-likeness (QED) is 0.347. The second-order valence-corrected chi connectivity index (χ2v) is 8.85. The first-order chi connectivity index (χ1) is 15.7. The molecule has 0 bridgehead atoms. The van der Waals surface area contributed by atoms with Gasteiger partial charge in [-0.2, -0.15) is 4.98 Å². The Morgan fingerprint density at radius 2 is 1.94 bits per heavy atom. The summed E-state index contributed by atoms with van der Waals surface area (Å²) >= 11 is 13.1. The molecule has 0 amide bonds. The smallest absolute Gasteiger partial charge is 0.258 e. The molecule has 9 nitrogen and oxygen atoms in total. The van der Waals surface area contributed by atoms with E-state index in [9.17, 15) is 9.90 Å². The van der Waals surface area contributed by atoms with Gasteiger partial charge in [0.1, 0.15) is 11.4 Å². The van der Waals surface area contributed by atoms with Gasteiger partial charge in [-0.15, -0.1) is 0 Å². The molecular weight excluding hydrogens is 467 g/mol. The SMILES string of the molecule is CC(C)(O)c1nc(-c2cc(Cl)c(Nc3nc4cc[nH]c(=O)c4c4c3=CCNC=4)c(Cl)c2)no1. The van der Waals surface area contributed by atoms with Crippen molar-refractivity contribution < 1.29 is 9.63 Å². The molecular formula is C22H18Cl2N6O3. The Balaban J connectivity index is 1.60. The summed E-state index contributed by atoms with van der Waals surface area (Å²) in [7, 11) is 0. The number of nitrogens with one attached hydrogen (secondary N) is 3. The van der Waals surface area contributed by atoms with Crippen molar-refractivity contribution >= 4 is 57.9 Å². The predicted octanol–water partition coefficient (Wildman–Crippen LogP) is 2.37. The minimum Gasteiger partial charge on any atom is -0.387 e. The summed E-state index contributed by atoms with van der Waals surface area (Å²) in [5, 5.41) is 22.9. The summed E-state index contributed by atoms with van der Waals surface area (Å²) in [4.78, 5) is 24.0. The fourth-order valence-corrected chi connectivity index (χ4v) is 4.15. The Morgan fingerprint density at radius 3 is 2.64 bits per heavy atom. The van der Waals surface area contributed by atoms with Crippen LogP contribution in [0.1, 0.15) is 19.7 Å². The molecule has 1 aromatic carbocycles. The average molecular weight is 485 g/mol. The van der Waals surface area contributed by atoms with Gasteiger partial charge in [0.05, 0.1) is 26.6 Å². The van der Waals surface area contributed by atoms with Gasteiger partial charge in [0.15, 0.2) is 0 Å². The van der Waals surface area contributed by atoms with Gasteiger partial charge in [-0.25, -0.2) is 4.98 Å². The lowest BCUT2D eigenvalue weighted by Gasteiger charge is -2.14. The molecule has 0 unspecified atom stereocenters. The molecule has 0 atom stereocenters. The first-order valence-corrected chi connectivity index (χ1v) is 10.8. The molecule has 0 fully saturated rings. The van der Waals surface area contributed by atoms with Crippen LogP contribution < -0.4 is 26.6 Å². The summed E-state index contributed by atoms with van der Waals surface area (Å²) in [6.07, 6.45) is 5.28. The number of aromatic nitrogens is 4. The highest BCUT2D eigenvalue weighted by Gasteiger charge is 2.25. The van der Waals surface area contributed by atoms with Crippen LogP contribution in [0, 0.1) is 0 Å². The van der Waals surface area contributed by atoms with Gasteiger partial charge in [0.2, 0.25) is 5.82 Å². The number of fused-ring (bicyclic) bond motifs is 3. The van der Waals surface area contributed by atoms with E-state index in [4.69, 9.17) is 27.7 Å². The highest BCUT2D eigenvalue weighted by Crippen LogP contribution is 2.36. The number of pyridine rings is 2. The maximum Gasteiger partial charge on any atom is 0.258 e. The van der Waals surface area contributed by atoms with Crippen LogP contribution in [0.4, 0.5) is 11.5 Å².